The second-order valence-electron chi connectivity index (χ2n) is 5.79. The van der Waals surface area contributed by atoms with Crippen LogP contribution in [0, 0.1) is 0 Å². The zero-order valence-electron chi connectivity index (χ0n) is 14.4. The van der Waals surface area contributed by atoms with E-state index < -0.39 is 0 Å². The van der Waals surface area contributed by atoms with Gasteiger partial charge in [-0.1, -0.05) is 37.8 Å². The molecule has 4 heteroatoms. The Hall–Kier alpha value is -1.87. The van der Waals surface area contributed by atoms with Gasteiger partial charge in [0.1, 0.15) is 5.75 Å². The Kier molecular flexibility index (Phi) is 8.33. The van der Waals surface area contributed by atoms with E-state index in [-0.39, 0.29) is 0 Å². The molecule has 0 aliphatic carbocycles. The van der Waals surface area contributed by atoms with Crippen LogP contribution in [-0.2, 0) is 0 Å². The predicted octanol–water partition coefficient (Wildman–Crippen LogP) is 5.82. The van der Waals surface area contributed by atoms with Crippen LogP contribution in [0.5, 0.6) is 5.75 Å². The van der Waals surface area contributed by atoms with Crippen LogP contribution in [-0.4, -0.2) is 19.7 Å². The molecule has 130 valence electrons. The summed E-state index contributed by atoms with van der Waals surface area (Å²) in [4.78, 5) is 0. The summed E-state index contributed by atoms with van der Waals surface area (Å²) in [5.41, 5.74) is 2.18. The average Bonchev–Trinajstić information content (AvgIpc) is 2.61. The van der Waals surface area contributed by atoms with Crippen LogP contribution >= 0.6 is 11.6 Å². The Morgan fingerprint density at radius 3 is 1.96 bits per heavy atom. The molecule has 0 saturated carbocycles. The van der Waals surface area contributed by atoms with Crippen LogP contribution in [0.4, 0.5) is 11.4 Å². The quantitative estimate of drug-likeness (QED) is 0.503. The number of hydrogen-bond acceptors (Lipinski definition) is 3. The Bertz CT molecular complexity index is 569. The summed E-state index contributed by atoms with van der Waals surface area (Å²) in [5, 5.41) is 7.50. The van der Waals surface area contributed by atoms with E-state index >= 15 is 0 Å². The smallest absolute Gasteiger partial charge is 0.119 e. The SMILES string of the molecule is CCCCCCOc1ccc(NCCNc2ccc(Cl)cc2)cc1. The molecular formula is C20H27ClN2O. The molecule has 0 aliphatic heterocycles. The van der Waals surface area contributed by atoms with E-state index in [9.17, 15) is 0 Å². The van der Waals surface area contributed by atoms with Crippen LogP contribution in [0.15, 0.2) is 48.5 Å². The Morgan fingerprint density at radius 1 is 0.792 bits per heavy atom. The molecule has 3 nitrogen and oxygen atoms in total. The van der Waals surface area contributed by atoms with Crippen molar-refractivity contribution in [1.82, 2.24) is 0 Å². The standard InChI is InChI=1S/C20H27ClN2O/c1-2-3-4-5-16-24-20-12-10-19(11-13-20)23-15-14-22-18-8-6-17(21)7-9-18/h6-13,22-23H,2-5,14-16H2,1H3. The number of hydrogen-bond donors (Lipinski definition) is 2. The second-order valence-corrected chi connectivity index (χ2v) is 6.23. The lowest BCUT2D eigenvalue weighted by Crippen LogP contribution is -2.13. The molecule has 0 fully saturated rings. The van der Waals surface area contributed by atoms with Gasteiger partial charge in [-0.25, -0.2) is 0 Å². The molecule has 0 amide bonds. The van der Waals surface area contributed by atoms with Gasteiger partial charge in [0, 0.05) is 29.5 Å². The van der Waals surface area contributed by atoms with E-state index in [1.54, 1.807) is 0 Å². The lowest BCUT2D eigenvalue weighted by molar-refractivity contribution is 0.305. The molecule has 2 rings (SSSR count). The molecule has 0 radical (unpaired) electrons. The summed E-state index contributed by atoms with van der Waals surface area (Å²) in [6, 6.07) is 15.9. The highest BCUT2D eigenvalue weighted by Gasteiger charge is 1.96. The summed E-state index contributed by atoms with van der Waals surface area (Å²) >= 11 is 5.87. The van der Waals surface area contributed by atoms with E-state index in [0.717, 1.165) is 48.3 Å². The van der Waals surface area contributed by atoms with Gasteiger partial charge in [0.15, 0.2) is 0 Å². The minimum absolute atomic E-state index is 0.756. The zero-order valence-corrected chi connectivity index (χ0v) is 15.1. The second kappa shape index (κ2) is 10.8. The third-order valence-electron chi connectivity index (χ3n) is 3.75. The summed E-state index contributed by atoms with van der Waals surface area (Å²) in [5.74, 6) is 0.941. The highest BCUT2D eigenvalue weighted by atomic mass is 35.5. The van der Waals surface area contributed by atoms with Gasteiger partial charge in [-0.15, -0.1) is 0 Å². The van der Waals surface area contributed by atoms with Gasteiger partial charge in [0.2, 0.25) is 0 Å². The lowest BCUT2D eigenvalue weighted by atomic mass is 10.2. The summed E-state index contributed by atoms with van der Waals surface area (Å²) in [7, 11) is 0. The maximum absolute atomic E-state index is 5.87. The van der Waals surface area contributed by atoms with Gasteiger partial charge in [-0.05, 0) is 55.0 Å². The van der Waals surface area contributed by atoms with Crippen molar-refractivity contribution in [2.24, 2.45) is 0 Å². The number of benzene rings is 2. The first-order valence-electron chi connectivity index (χ1n) is 8.74. The number of nitrogens with one attached hydrogen (secondary N) is 2. The number of anilines is 2. The fourth-order valence-electron chi connectivity index (χ4n) is 2.37. The third-order valence-corrected chi connectivity index (χ3v) is 4.00. The third kappa shape index (κ3) is 7.14. The average molecular weight is 347 g/mol. The summed E-state index contributed by atoms with van der Waals surface area (Å²) in [6.07, 6.45) is 4.92. The van der Waals surface area contributed by atoms with Gasteiger partial charge in [0.25, 0.3) is 0 Å². The lowest BCUT2D eigenvalue weighted by Gasteiger charge is -2.10. The van der Waals surface area contributed by atoms with E-state index in [2.05, 4.69) is 29.7 Å². The van der Waals surface area contributed by atoms with Crippen molar-refractivity contribution in [2.45, 2.75) is 32.6 Å². The van der Waals surface area contributed by atoms with Crippen molar-refractivity contribution < 1.29 is 4.74 Å². The molecular weight excluding hydrogens is 320 g/mol. The molecule has 2 N–H and O–H groups in total. The highest BCUT2D eigenvalue weighted by Crippen LogP contribution is 2.16. The van der Waals surface area contributed by atoms with Gasteiger partial charge in [-0.3, -0.25) is 0 Å². The van der Waals surface area contributed by atoms with Crippen LogP contribution < -0.4 is 15.4 Å². The molecule has 0 aromatic heterocycles. The molecule has 0 bridgehead atoms. The number of ether oxygens (including phenoxy) is 1. The summed E-state index contributed by atoms with van der Waals surface area (Å²) in [6.45, 7) is 4.71. The summed E-state index contributed by atoms with van der Waals surface area (Å²) < 4.78 is 5.75. The number of unbranched alkanes of at least 4 members (excludes halogenated alkanes) is 3. The molecule has 0 heterocycles. The normalized spacial score (nSPS) is 10.4. The van der Waals surface area contributed by atoms with Gasteiger partial charge in [-0.2, -0.15) is 0 Å². The van der Waals surface area contributed by atoms with E-state index in [1.165, 1.54) is 19.3 Å². The highest BCUT2D eigenvalue weighted by molar-refractivity contribution is 6.30. The zero-order chi connectivity index (χ0) is 17.0. The molecule has 0 spiro atoms. The first-order chi connectivity index (χ1) is 11.8. The number of halogens is 1. The fourth-order valence-corrected chi connectivity index (χ4v) is 2.50. The van der Waals surface area contributed by atoms with Gasteiger partial charge >= 0.3 is 0 Å². The molecule has 0 saturated heterocycles. The van der Waals surface area contributed by atoms with Crippen molar-refractivity contribution in [3.63, 3.8) is 0 Å². The Balaban J connectivity index is 1.62. The van der Waals surface area contributed by atoms with Crippen LogP contribution in [0.1, 0.15) is 32.6 Å². The minimum atomic E-state index is 0.756. The molecule has 0 aliphatic rings. The van der Waals surface area contributed by atoms with Crippen LogP contribution in [0.3, 0.4) is 0 Å². The largest absolute Gasteiger partial charge is 0.494 e. The van der Waals surface area contributed by atoms with Crippen molar-refractivity contribution in [2.75, 3.05) is 30.3 Å². The predicted molar refractivity (Wildman–Crippen MR) is 105 cm³/mol. The van der Waals surface area contributed by atoms with Crippen molar-refractivity contribution >= 4 is 23.0 Å². The molecule has 0 atom stereocenters. The van der Waals surface area contributed by atoms with Crippen LogP contribution in [0.2, 0.25) is 5.02 Å². The Labute approximate surface area is 150 Å². The van der Waals surface area contributed by atoms with Gasteiger partial charge in [0.05, 0.1) is 6.61 Å². The first kappa shape index (κ1) is 18.5. The van der Waals surface area contributed by atoms with Crippen molar-refractivity contribution in [3.8, 4) is 5.75 Å². The first-order valence-corrected chi connectivity index (χ1v) is 9.12. The molecule has 24 heavy (non-hydrogen) atoms. The number of rotatable bonds is 11. The maximum atomic E-state index is 5.87. The van der Waals surface area contributed by atoms with Crippen LogP contribution in [0.25, 0.3) is 0 Å². The Morgan fingerprint density at radius 2 is 1.38 bits per heavy atom. The van der Waals surface area contributed by atoms with Crippen molar-refractivity contribution in [3.05, 3.63) is 53.6 Å². The van der Waals surface area contributed by atoms with E-state index in [0.29, 0.717) is 0 Å². The topological polar surface area (TPSA) is 33.3 Å². The minimum Gasteiger partial charge on any atom is -0.494 e. The maximum Gasteiger partial charge on any atom is 0.119 e. The van der Waals surface area contributed by atoms with Gasteiger partial charge < -0.3 is 15.4 Å². The van der Waals surface area contributed by atoms with E-state index in [4.69, 9.17) is 16.3 Å². The fraction of sp³-hybridized carbons (Fsp3) is 0.400. The monoisotopic (exact) mass is 346 g/mol. The molecule has 0 unspecified atom stereocenters. The van der Waals surface area contributed by atoms with Crippen molar-refractivity contribution in [1.29, 1.82) is 0 Å². The van der Waals surface area contributed by atoms with E-state index in [1.807, 2.05) is 36.4 Å². The molecule has 2 aromatic rings. The molecule has 2 aromatic carbocycles.